The van der Waals surface area contributed by atoms with E-state index in [1.54, 1.807) is 24.3 Å². The smallest absolute Gasteiger partial charge is 0.155 e. The minimum Gasteiger partial charge on any atom is -0.399 e. The fourth-order valence-electron chi connectivity index (χ4n) is 0.715. The van der Waals surface area contributed by atoms with E-state index >= 15 is 0 Å². The molecule has 0 fully saturated rings. The van der Waals surface area contributed by atoms with Crippen molar-refractivity contribution in [2.45, 2.75) is 6.61 Å². The maximum Gasteiger partial charge on any atom is 0.155 e. The van der Waals surface area contributed by atoms with Gasteiger partial charge < -0.3 is 10.6 Å². The van der Waals surface area contributed by atoms with Gasteiger partial charge in [-0.25, -0.2) is 0 Å². The monoisotopic (exact) mass is 152 g/mol. The Morgan fingerprint density at radius 1 is 1.36 bits per heavy atom. The van der Waals surface area contributed by atoms with Gasteiger partial charge in [0.2, 0.25) is 0 Å². The maximum absolute atomic E-state index is 9.55. The maximum atomic E-state index is 9.55. The molecular formula is C7H8N2O2. The van der Waals surface area contributed by atoms with Crippen LogP contribution in [0, 0.1) is 4.91 Å². The molecule has 0 saturated heterocycles. The van der Waals surface area contributed by atoms with Crippen LogP contribution >= 0.6 is 0 Å². The molecule has 2 N–H and O–H groups in total. The van der Waals surface area contributed by atoms with Crippen molar-refractivity contribution in [1.29, 1.82) is 0 Å². The van der Waals surface area contributed by atoms with Crippen LogP contribution in [0.25, 0.3) is 0 Å². The van der Waals surface area contributed by atoms with Crippen LogP contribution < -0.4 is 5.73 Å². The summed E-state index contributed by atoms with van der Waals surface area (Å²) in [6.07, 6.45) is 0. The van der Waals surface area contributed by atoms with E-state index in [1.165, 1.54) is 0 Å². The molecule has 0 unspecified atom stereocenters. The van der Waals surface area contributed by atoms with E-state index in [-0.39, 0.29) is 6.61 Å². The molecular weight excluding hydrogens is 144 g/mol. The van der Waals surface area contributed by atoms with Gasteiger partial charge in [0.05, 0.1) is 0 Å². The minimum absolute atomic E-state index is 0.198. The van der Waals surface area contributed by atoms with E-state index in [1.807, 2.05) is 0 Å². The minimum atomic E-state index is 0.198. The molecule has 0 amide bonds. The molecule has 0 bridgehead atoms. The highest BCUT2D eigenvalue weighted by Crippen LogP contribution is 2.06. The van der Waals surface area contributed by atoms with Gasteiger partial charge in [0, 0.05) is 5.69 Å². The normalized spacial score (nSPS) is 9.09. The third-order valence-electron chi connectivity index (χ3n) is 1.26. The summed E-state index contributed by atoms with van der Waals surface area (Å²) >= 11 is 0. The van der Waals surface area contributed by atoms with Crippen LogP contribution in [0.4, 0.5) is 5.69 Å². The highest BCUT2D eigenvalue weighted by Gasteiger charge is 1.91. The lowest BCUT2D eigenvalue weighted by Gasteiger charge is -1.96. The number of anilines is 1. The highest BCUT2D eigenvalue weighted by molar-refractivity contribution is 5.38. The Kier molecular flexibility index (Phi) is 2.43. The van der Waals surface area contributed by atoms with Crippen LogP contribution in [0.1, 0.15) is 5.56 Å². The number of benzene rings is 1. The van der Waals surface area contributed by atoms with Gasteiger partial charge in [0.15, 0.2) is 5.34 Å². The predicted octanol–water partition coefficient (Wildman–Crippen LogP) is 1.47. The topological polar surface area (TPSA) is 64.7 Å². The summed E-state index contributed by atoms with van der Waals surface area (Å²) in [6.45, 7) is 0.198. The zero-order valence-corrected chi connectivity index (χ0v) is 5.86. The van der Waals surface area contributed by atoms with Crippen molar-refractivity contribution in [1.82, 2.24) is 0 Å². The van der Waals surface area contributed by atoms with Crippen molar-refractivity contribution in [3.8, 4) is 0 Å². The van der Waals surface area contributed by atoms with E-state index in [0.29, 0.717) is 5.69 Å². The highest BCUT2D eigenvalue weighted by atomic mass is 16.7. The number of hydrogen-bond acceptors (Lipinski definition) is 4. The van der Waals surface area contributed by atoms with Gasteiger partial charge in [0.1, 0.15) is 6.61 Å². The third-order valence-corrected chi connectivity index (χ3v) is 1.26. The molecule has 0 saturated carbocycles. The average molecular weight is 152 g/mol. The lowest BCUT2D eigenvalue weighted by Crippen LogP contribution is -1.88. The van der Waals surface area contributed by atoms with E-state index in [2.05, 4.69) is 10.2 Å². The fourth-order valence-corrected chi connectivity index (χ4v) is 0.715. The number of hydrogen-bond donors (Lipinski definition) is 1. The van der Waals surface area contributed by atoms with Crippen LogP contribution in [-0.2, 0) is 11.4 Å². The largest absolute Gasteiger partial charge is 0.399 e. The van der Waals surface area contributed by atoms with Crippen molar-refractivity contribution in [2.75, 3.05) is 5.73 Å². The van der Waals surface area contributed by atoms with Crippen LogP contribution in [0.3, 0.4) is 0 Å². The number of rotatable bonds is 3. The van der Waals surface area contributed by atoms with Crippen molar-refractivity contribution in [2.24, 2.45) is 5.34 Å². The Morgan fingerprint density at radius 2 is 2.00 bits per heavy atom. The summed E-state index contributed by atoms with van der Waals surface area (Å²) in [5.74, 6) is 0. The second-order valence-corrected chi connectivity index (χ2v) is 2.09. The second-order valence-electron chi connectivity index (χ2n) is 2.09. The summed E-state index contributed by atoms with van der Waals surface area (Å²) in [5.41, 5.74) is 6.99. The zero-order valence-electron chi connectivity index (χ0n) is 5.86. The summed E-state index contributed by atoms with van der Waals surface area (Å²) < 4.78 is 0. The first-order valence-electron chi connectivity index (χ1n) is 3.12. The van der Waals surface area contributed by atoms with E-state index in [0.717, 1.165) is 5.56 Å². The first kappa shape index (κ1) is 7.53. The molecule has 1 rings (SSSR count). The molecule has 0 spiro atoms. The zero-order chi connectivity index (χ0) is 8.10. The molecule has 0 aliphatic rings. The molecule has 1 aromatic carbocycles. The second kappa shape index (κ2) is 3.55. The summed E-state index contributed by atoms with van der Waals surface area (Å²) in [6, 6.07) is 7.04. The van der Waals surface area contributed by atoms with E-state index in [4.69, 9.17) is 5.73 Å². The average Bonchev–Trinajstić information content (AvgIpc) is 2.04. The van der Waals surface area contributed by atoms with Crippen molar-refractivity contribution in [3.63, 3.8) is 0 Å². The van der Waals surface area contributed by atoms with E-state index < -0.39 is 0 Å². The number of nitrogen functional groups attached to an aromatic ring is 1. The molecule has 0 atom stereocenters. The lowest BCUT2D eigenvalue weighted by atomic mass is 10.2. The Morgan fingerprint density at radius 3 is 2.55 bits per heavy atom. The van der Waals surface area contributed by atoms with Crippen molar-refractivity contribution in [3.05, 3.63) is 34.7 Å². The molecule has 11 heavy (non-hydrogen) atoms. The summed E-state index contributed by atoms with van der Waals surface area (Å²) in [7, 11) is 0. The quantitative estimate of drug-likeness (QED) is 0.405. The van der Waals surface area contributed by atoms with Gasteiger partial charge in [-0.1, -0.05) is 12.1 Å². The van der Waals surface area contributed by atoms with E-state index in [9.17, 15) is 4.91 Å². The predicted molar refractivity (Wildman–Crippen MR) is 41.4 cm³/mol. The van der Waals surface area contributed by atoms with Crippen molar-refractivity contribution < 1.29 is 4.84 Å². The Bertz CT molecular complexity index is 233. The molecule has 0 aliphatic carbocycles. The standard InChI is InChI=1S/C7H8N2O2/c8-7-3-1-6(2-4-7)5-11-9-10/h1-4H,5,8H2. The lowest BCUT2D eigenvalue weighted by molar-refractivity contribution is 0.126. The summed E-state index contributed by atoms with van der Waals surface area (Å²) in [5, 5.41) is 2.27. The fraction of sp³-hybridized carbons (Fsp3) is 0.143. The molecule has 1 aromatic rings. The first-order chi connectivity index (χ1) is 5.33. The number of nitrogens with two attached hydrogens (primary N) is 1. The molecule has 4 heteroatoms. The van der Waals surface area contributed by atoms with Crippen LogP contribution in [0.5, 0.6) is 0 Å². The molecule has 0 aliphatic heterocycles. The number of nitrogens with zero attached hydrogens (tertiary/aromatic N) is 1. The van der Waals surface area contributed by atoms with Gasteiger partial charge in [-0.3, -0.25) is 0 Å². The van der Waals surface area contributed by atoms with Gasteiger partial charge in [-0.05, 0) is 17.7 Å². The SMILES string of the molecule is Nc1ccc(CON=O)cc1. The Labute approximate surface area is 63.9 Å². The third kappa shape index (κ3) is 2.25. The molecule has 0 heterocycles. The molecule has 4 nitrogen and oxygen atoms in total. The Hall–Kier alpha value is -1.58. The molecule has 0 aromatic heterocycles. The first-order valence-corrected chi connectivity index (χ1v) is 3.12. The van der Waals surface area contributed by atoms with Crippen molar-refractivity contribution >= 4 is 5.69 Å². The van der Waals surface area contributed by atoms with Gasteiger partial charge in [-0.2, -0.15) is 0 Å². The molecule has 58 valence electrons. The van der Waals surface area contributed by atoms with Crippen LogP contribution in [0.2, 0.25) is 0 Å². The van der Waals surface area contributed by atoms with Gasteiger partial charge in [-0.15, -0.1) is 4.91 Å². The van der Waals surface area contributed by atoms with Gasteiger partial charge >= 0.3 is 0 Å². The molecule has 0 radical (unpaired) electrons. The Balaban J connectivity index is 2.58. The summed E-state index contributed by atoms with van der Waals surface area (Å²) in [4.78, 5) is 13.8. The van der Waals surface area contributed by atoms with Crippen LogP contribution in [0.15, 0.2) is 29.6 Å². The van der Waals surface area contributed by atoms with Crippen LogP contribution in [-0.4, -0.2) is 0 Å². The van der Waals surface area contributed by atoms with Gasteiger partial charge in [0.25, 0.3) is 0 Å².